The number of alkyl halides is 2. The van der Waals surface area contributed by atoms with Crippen LogP contribution in [0.4, 0.5) is 0 Å². The van der Waals surface area contributed by atoms with E-state index in [1.807, 2.05) is 0 Å². The molecule has 0 spiro atoms. The number of rotatable bonds is 6. The Kier molecular flexibility index (Phi) is 6.52. The molecule has 0 aromatic heterocycles. The lowest BCUT2D eigenvalue weighted by molar-refractivity contribution is -0.142. The van der Waals surface area contributed by atoms with Crippen LogP contribution in [0.2, 0.25) is 0 Å². The first-order valence-corrected chi connectivity index (χ1v) is 4.79. The quantitative estimate of drug-likeness (QED) is 0.676. The molecular weight excluding hydrogens is 201 g/mol. The van der Waals surface area contributed by atoms with E-state index in [0.29, 0.717) is 24.8 Å². The number of hydrogen-bond acceptors (Lipinski definition) is 2. The molecule has 3 nitrogen and oxygen atoms in total. The molecule has 0 aliphatic heterocycles. The molecule has 72 valence electrons. The molecule has 5 heteroatoms. The van der Waals surface area contributed by atoms with Crippen molar-refractivity contribution in [2.45, 2.75) is 13.0 Å². The second-order valence-corrected chi connectivity index (χ2v) is 3.18. The van der Waals surface area contributed by atoms with Crippen molar-refractivity contribution in [3.8, 4) is 0 Å². The molecule has 0 aliphatic rings. The van der Waals surface area contributed by atoms with Gasteiger partial charge in [0.1, 0.15) is 6.04 Å². The summed E-state index contributed by atoms with van der Waals surface area (Å²) in [5.41, 5.74) is 0. The van der Waals surface area contributed by atoms with Crippen LogP contribution in [0.5, 0.6) is 0 Å². The maximum absolute atomic E-state index is 10.6. The third-order valence-corrected chi connectivity index (χ3v) is 1.99. The van der Waals surface area contributed by atoms with Crippen molar-refractivity contribution < 1.29 is 9.90 Å². The molecular formula is C7H13Cl2NO2. The van der Waals surface area contributed by atoms with Crippen molar-refractivity contribution in [3.05, 3.63) is 0 Å². The highest BCUT2D eigenvalue weighted by atomic mass is 35.5. The number of hydrogen-bond donors (Lipinski definition) is 1. The van der Waals surface area contributed by atoms with Crippen LogP contribution in [-0.2, 0) is 4.79 Å². The zero-order valence-electron chi connectivity index (χ0n) is 6.96. The van der Waals surface area contributed by atoms with Crippen LogP contribution in [0, 0.1) is 0 Å². The lowest BCUT2D eigenvalue weighted by Crippen LogP contribution is -2.41. The Labute approximate surface area is 82.3 Å². The molecule has 1 unspecified atom stereocenters. The van der Waals surface area contributed by atoms with Gasteiger partial charge in [-0.1, -0.05) is 0 Å². The minimum absolute atomic E-state index is 0.425. The number of aliphatic carboxylic acids is 1. The summed E-state index contributed by atoms with van der Waals surface area (Å²) in [6, 6.07) is -0.512. The molecule has 0 saturated heterocycles. The van der Waals surface area contributed by atoms with Gasteiger partial charge in [-0.3, -0.25) is 9.69 Å². The molecule has 1 atom stereocenters. The van der Waals surface area contributed by atoms with E-state index in [-0.39, 0.29) is 0 Å². The topological polar surface area (TPSA) is 40.5 Å². The molecule has 0 radical (unpaired) electrons. The normalized spacial score (nSPS) is 13.3. The van der Waals surface area contributed by atoms with Gasteiger partial charge in [0.25, 0.3) is 0 Å². The third kappa shape index (κ3) is 4.14. The molecule has 1 N–H and O–H groups in total. The van der Waals surface area contributed by atoms with Crippen molar-refractivity contribution in [1.82, 2.24) is 4.90 Å². The highest BCUT2D eigenvalue weighted by Gasteiger charge is 2.18. The Hall–Kier alpha value is 0.01000. The van der Waals surface area contributed by atoms with Gasteiger partial charge in [-0.15, -0.1) is 23.2 Å². The molecule has 0 heterocycles. The van der Waals surface area contributed by atoms with E-state index in [0.717, 1.165) is 0 Å². The SMILES string of the molecule is CC(C(=O)O)N(CCCl)CCCl. The van der Waals surface area contributed by atoms with Crippen LogP contribution >= 0.6 is 23.2 Å². The average Bonchev–Trinajstić information content (AvgIpc) is 2.03. The fourth-order valence-electron chi connectivity index (χ4n) is 0.872. The van der Waals surface area contributed by atoms with E-state index < -0.39 is 12.0 Å². The number of nitrogens with zero attached hydrogens (tertiary/aromatic N) is 1. The molecule has 0 saturated carbocycles. The van der Waals surface area contributed by atoms with E-state index in [1.54, 1.807) is 11.8 Å². The monoisotopic (exact) mass is 213 g/mol. The maximum atomic E-state index is 10.6. The van der Waals surface area contributed by atoms with Gasteiger partial charge < -0.3 is 5.11 Å². The van der Waals surface area contributed by atoms with Gasteiger partial charge in [-0.25, -0.2) is 0 Å². The smallest absolute Gasteiger partial charge is 0.320 e. The van der Waals surface area contributed by atoms with Crippen molar-refractivity contribution in [1.29, 1.82) is 0 Å². The Morgan fingerprint density at radius 3 is 2.08 bits per heavy atom. The van der Waals surface area contributed by atoms with Crippen LogP contribution in [0.1, 0.15) is 6.92 Å². The highest BCUT2D eigenvalue weighted by Crippen LogP contribution is 2.00. The molecule has 0 aromatic carbocycles. The minimum Gasteiger partial charge on any atom is -0.480 e. The van der Waals surface area contributed by atoms with Crippen molar-refractivity contribution in [3.63, 3.8) is 0 Å². The molecule has 0 fully saturated rings. The Morgan fingerprint density at radius 2 is 1.83 bits per heavy atom. The summed E-state index contributed by atoms with van der Waals surface area (Å²) < 4.78 is 0. The first-order chi connectivity index (χ1) is 5.63. The number of carboxylic acid groups (broad SMARTS) is 1. The van der Waals surface area contributed by atoms with Crippen LogP contribution < -0.4 is 0 Å². The van der Waals surface area contributed by atoms with Crippen LogP contribution in [0.3, 0.4) is 0 Å². The van der Waals surface area contributed by atoms with Crippen molar-refractivity contribution >= 4 is 29.2 Å². The summed E-state index contributed by atoms with van der Waals surface area (Å²) in [5, 5.41) is 8.68. The molecule has 0 aliphatic carbocycles. The van der Waals surface area contributed by atoms with Gasteiger partial charge in [0.05, 0.1) is 0 Å². The summed E-state index contributed by atoms with van der Waals surface area (Å²) in [6.45, 7) is 2.74. The fraction of sp³-hybridized carbons (Fsp3) is 0.857. The van der Waals surface area contributed by atoms with Crippen molar-refractivity contribution in [2.75, 3.05) is 24.8 Å². The zero-order chi connectivity index (χ0) is 9.56. The average molecular weight is 214 g/mol. The van der Waals surface area contributed by atoms with E-state index in [4.69, 9.17) is 28.3 Å². The summed E-state index contributed by atoms with van der Waals surface area (Å²) in [5.74, 6) is 0.00784. The van der Waals surface area contributed by atoms with Gasteiger partial charge in [-0.2, -0.15) is 0 Å². The molecule has 0 aromatic rings. The predicted octanol–water partition coefficient (Wildman–Crippen LogP) is 1.24. The van der Waals surface area contributed by atoms with Gasteiger partial charge in [0, 0.05) is 24.8 Å². The predicted molar refractivity (Wildman–Crippen MR) is 50.1 cm³/mol. The van der Waals surface area contributed by atoms with Gasteiger partial charge in [0.2, 0.25) is 0 Å². The Balaban J connectivity index is 3.98. The lowest BCUT2D eigenvalue weighted by Gasteiger charge is -2.23. The van der Waals surface area contributed by atoms with E-state index in [2.05, 4.69) is 0 Å². The Morgan fingerprint density at radius 1 is 1.42 bits per heavy atom. The van der Waals surface area contributed by atoms with E-state index in [9.17, 15) is 4.79 Å². The lowest BCUT2D eigenvalue weighted by atomic mass is 10.3. The minimum atomic E-state index is -0.842. The van der Waals surface area contributed by atoms with Gasteiger partial charge in [-0.05, 0) is 6.92 Å². The van der Waals surface area contributed by atoms with Gasteiger partial charge >= 0.3 is 5.97 Å². The van der Waals surface area contributed by atoms with Crippen LogP contribution in [0.15, 0.2) is 0 Å². The molecule has 0 rings (SSSR count). The highest BCUT2D eigenvalue weighted by molar-refractivity contribution is 6.18. The molecule has 0 amide bonds. The first-order valence-electron chi connectivity index (χ1n) is 3.72. The summed E-state index contributed by atoms with van der Waals surface area (Å²) >= 11 is 11.0. The maximum Gasteiger partial charge on any atom is 0.320 e. The molecule has 0 bridgehead atoms. The second-order valence-electron chi connectivity index (χ2n) is 2.43. The molecule has 12 heavy (non-hydrogen) atoms. The van der Waals surface area contributed by atoms with E-state index >= 15 is 0 Å². The van der Waals surface area contributed by atoms with E-state index in [1.165, 1.54) is 0 Å². The standard InChI is InChI=1S/C7H13Cl2NO2/c1-6(7(11)12)10(4-2-8)5-3-9/h6H,2-5H2,1H3,(H,11,12). The van der Waals surface area contributed by atoms with Crippen molar-refractivity contribution in [2.24, 2.45) is 0 Å². The van der Waals surface area contributed by atoms with Gasteiger partial charge in [0.15, 0.2) is 0 Å². The summed E-state index contributed by atoms with van der Waals surface area (Å²) in [4.78, 5) is 12.3. The number of halogens is 2. The largest absolute Gasteiger partial charge is 0.480 e. The number of carboxylic acids is 1. The first kappa shape index (κ1) is 12.0. The summed E-state index contributed by atoms with van der Waals surface area (Å²) in [6.07, 6.45) is 0. The second kappa shape index (κ2) is 6.52. The number of carbonyl (C=O) groups is 1. The van der Waals surface area contributed by atoms with Crippen LogP contribution in [-0.4, -0.2) is 46.9 Å². The Bertz CT molecular complexity index is 137. The van der Waals surface area contributed by atoms with Crippen LogP contribution in [0.25, 0.3) is 0 Å². The summed E-state index contributed by atoms with van der Waals surface area (Å²) in [7, 11) is 0. The zero-order valence-corrected chi connectivity index (χ0v) is 8.48. The third-order valence-electron chi connectivity index (χ3n) is 1.65. The fourth-order valence-corrected chi connectivity index (χ4v) is 1.31.